The maximum Gasteiger partial charge on any atom is 0.335 e. The average Bonchev–Trinajstić information content (AvgIpc) is 2.82. The Hall–Kier alpha value is -4.43. The SMILES string of the molecule is O=C1NC(=O)N(c2ccc(C(=O)[O-])cc2)C(=O)/C1=C\c1ccccc1OCc1ccccc1Cl. The van der Waals surface area contributed by atoms with E-state index in [0.717, 1.165) is 10.5 Å². The summed E-state index contributed by atoms with van der Waals surface area (Å²) in [6.45, 7) is 0.162. The normalized spacial score (nSPS) is 14.8. The van der Waals surface area contributed by atoms with Gasteiger partial charge in [0.05, 0.1) is 11.7 Å². The van der Waals surface area contributed by atoms with Gasteiger partial charge in [-0.15, -0.1) is 0 Å². The van der Waals surface area contributed by atoms with Gasteiger partial charge in [0.25, 0.3) is 11.8 Å². The number of rotatable bonds is 6. The second-order valence-corrected chi connectivity index (χ2v) is 7.62. The molecule has 3 aromatic carbocycles. The molecule has 0 aliphatic carbocycles. The molecule has 0 saturated carbocycles. The van der Waals surface area contributed by atoms with Gasteiger partial charge < -0.3 is 14.6 Å². The molecule has 1 heterocycles. The molecule has 4 rings (SSSR count). The molecule has 0 bridgehead atoms. The van der Waals surface area contributed by atoms with Gasteiger partial charge in [0.2, 0.25) is 0 Å². The Morgan fingerprint density at radius 3 is 2.35 bits per heavy atom. The summed E-state index contributed by atoms with van der Waals surface area (Å²) in [4.78, 5) is 49.7. The first-order valence-corrected chi connectivity index (χ1v) is 10.4. The number of carboxylic acid groups (broad SMARTS) is 1. The number of imide groups is 2. The second-order valence-electron chi connectivity index (χ2n) is 7.21. The minimum absolute atomic E-state index is 0.0918. The number of aromatic carboxylic acids is 1. The first kappa shape index (κ1) is 22.8. The van der Waals surface area contributed by atoms with Gasteiger partial charge in [-0.3, -0.25) is 14.9 Å². The van der Waals surface area contributed by atoms with Crippen molar-refractivity contribution in [2.75, 3.05) is 4.90 Å². The fourth-order valence-corrected chi connectivity index (χ4v) is 3.49. The number of carboxylic acids is 1. The second kappa shape index (κ2) is 9.60. The quantitative estimate of drug-likeness (QED) is 0.433. The molecule has 1 fully saturated rings. The third-order valence-electron chi connectivity index (χ3n) is 5.02. The first-order chi connectivity index (χ1) is 16.3. The van der Waals surface area contributed by atoms with Crippen molar-refractivity contribution < 1.29 is 29.0 Å². The van der Waals surface area contributed by atoms with Crippen LogP contribution in [0.3, 0.4) is 0 Å². The third kappa shape index (κ3) is 4.67. The van der Waals surface area contributed by atoms with Gasteiger partial charge >= 0.3 is 6.03 Å². The predicted molar refractivity (Wildman–Crippen MR) is 122 cm³/mol. The van der Waals surface area contributed by atoms with Crippen molar-refractivity contribution in [2.45, 2.75) is 6.61 Å². The lowest BCUT2D eigenvalue weighted by Crippen LogP contribution is -2.54. The van der Waals surface area contributed by atoms with E-state index in [9.17, 15) is 24.3 Å². The molecule has 1 N–H and O–H groups in total. The van der Waals surface area contributed by atoms with Crippen LogP contribution < -0.4 is 20.1 Å². The molecule has 0 radical (unpaired) electrons. The van der Waals surface area contributed by atoms with Crippen molar-refractivity contribution in [1.82, 2.24) is 5.32 Å². The Kier molecular flexibility index (Phi) is 6.42. The predicted octanol–water partition coefficient (Wildman–Crippen LogP) is 2.95. The molecule has 0 atom stereocenters. The van der Waals surface area contributed by atoms with E-state index in [0.29, 0.717) is 16.3 Å². The molecule has 1 aliphatic heterocycles. The molecule has 1 aliphatic rings. The molecule has 1 saturated heterocycles. The molecule has 0 aromatic heterocycles. The van der Waals surface area contributed by atoms with Crippen molar-refractivity contribution in [3.63, 3.8) is 0 Å². The number of carbonyl (C=O) groups excluding carboxylic acids is 4. The zero-order chi connectivity index (χ0) is 24.2. The fourth-order valence-electron chi connectivity index (χ4n) is 3.30. The number of benzene rings is 3. The number of para-hydroxylation sites is 1. The Morgan fingerprint density at radius 2 is 1.65 bits per heavy atom. The standard InChI is InChI=1S/C25H17ClN2O6/c26-20-7-3-1-6-17(20)14-34-21-8-4-2-5-16(21)13-19-22(29)27-25(33)28(23(19)30)18-11-9-15(10-12-18)24(31)32/h1-13H,14H2,(H,31,32)(H,27,29,33)/p-1/b19-13-. The van der Waals surface area contributed by atoms with E-state index >= 15 is 0 Å². The Balaban J connectivity index is 1.63. The number of barbiturate groups is 1. The Labute approximate surface area is 199 Å². The van der Waals surface area contributed by atoms with E-state index in [2.05, 4.69) is 5.32 Å². The topological polar surface area (TPSA) is 116 Å². The van der Waals surface area contributed by atoms with Crippen LogP contribution in [-0.4, -0.2) is 23.8 Å². The monoisotopic (exact) mass is 475 g/mol. The fraction of sp³-hybridized carbons (Fsp3) is 0.0400. The van der Waals surface area contributed by atoms with Gasteiger partial charge in [0.1, 0.15) is 17.9 Å². The van der Waals surface area contributed by atoms with Crippen molar-refractivity contribution in [1.29, 1.82) is 0 Å². The lowest BCUT2D eigenvalue weighted by Gasteiger charge is -2.26. The third-order valence-corrected chi connectivity index (χ3v) is 5.39. The van der Waals surface area contributed by atoms with Gasteiger partial charge in [-0.05, 0) is 35.9 Å². The molecular weight excluding hydrogens is 460 g/mol. The number of urea groups is 1. The van der Waals surface area contributed by atoms with Crippen LogP contribution in [0.1, 0.15) is 21.5 Å². The maximum atomic E-state index is 13.1. The zero-order valence-electron chi connectivity index (χ0n) is 17.5. The summed E-state index contributed by atoms with van der Waals surface area (Å²) in [5.41, 5.74) is 0.876. The van der Waals surface area contributed by atoms with Crippen LogP contribution >= 0.6 is 11.6 Å². The molecule has 8 nitrogen and oxygen atoms in total. The van der Waals surface area contributed by atoms with E-state index in [1.54, 1.807) is 36.4 Å². The van der Waals surface area contributed by atoms with Gasteiger partial charge in [-0.25, -0.2) is 9.69 Å². The van der Waals surface area contributed by atoms with E-state index < -0.39 is 23.8 Å². The van der Waals surface area contributed by atoms with Crippen molar-refractivity contribution in [3.8, 4) is 5.75 Å². The van der Waals surface area contributed by atoms with Crippen LogP contribution in [0.4, 0.5) is 10.5 Å². The summed E-state index contributed by atoms with van der Waals surface area (Å²) in [6.07, 6.45) is 1.33. The lowest BCUT2D eigenvalue weighted by molar-refractivity contribution is -0.255. The van der Waals surface area contributed by atoms with Gasteiger partial charge in [0.15, 0.2) is 0 Å². The number of nitrogens with one attached hydrogen (secondary N) is 1. The number of carbonyl (C=O) groups is 4. The smallest absolute Gasteiger partial charge is 0.335 e. The summed E-state index contributed by atoms with van der Waals surface area (Å²) < 4.78 is 5.87. The van der Waals surface area contributed by atoms with Crippen LogP contribution in [0.15, 0.2) is 78.4 Å². The maximum absolute atomic E-state index is 13.1. The zero-order valence-corrected chi connectivity index (χ0v) is 18.2. The summed E-state index contributed by atoms with van der Waals surface area (Å²) in [7, 11) is 0. The highest BCUT2D eigenvalue weighted by Gasteiger charge is 2.37. The number of hydrogen-bond acceptors (Lipinski definition) is 6. The molecule has 34 heavy (non-hydrogen) atoms. The molecule has 0 spiro atoms. The van der Waals surface area contributed by atoms with Gasteiger partial charge in [-0.2, -0.15) is 0 Å². The van der Waals surface area contributed by atoms with Crippen LogP contribution in [0.2, 0.25) is 5.02 Å². The van der Waals surface area contributed by atoms with Crippen molar-refractivity contribution in [2.24, 2.45) is 0 Å². The number of nitrogens with zero attached hydrogens (tertiary/aromatic N) is 1. The largest absolute Gasteiger partial charge is 0.545 e. The Morgan fingerprint density at radius 1 is 0.971 bits per heavy atom. The minimum atomic E-state index is -1.40. The molecule has 4 amide bonds. The summed E-state index contributed by atoms with van der Waals surface area (Å²) in [6, 6.07) is 18.0. The molecule has 0 unspecified atom stereocenters. The molecular formula is C25H16ClN2O6-. The van der Waals surface area contributed by atoms with Crippen LogP contribution in [0.25, 0.3) is 6.08 Å². The summed E-state index contributed by atoms with van der Waals surface area (Å²) >= 11 is 6.18. The summed E-state index contributed by atoms with van der Waals surface area (Å²) in [5, 5.41) is 13.6. The average molecular weight is 476 g/mol. The molecule has 170 valence electrons. The summed E-state index contributed by atoms with van der Waals surface area (Å²) in [5.74, 6) is -2.73. The number of ether oxygens (including phenoxy) is 1. The van der Waals surface area contributed by atoms with Crippen LogP contribution in [0, 0.1) is 0 Å². The van der Waals surface area contributed by atoms with Gasteiger partial charge in [-0.1, -0.05) is 60.1 Å². The highest BCUT2D eigenvalue weighted by molar-refractivity contribution is 6.39. The first-order valence-electron chi connectivity index (χ1n) is 10.0. The number of anilines is 1. The highest BCUT2D eigenvalue weighted by atomic mass is 35.5. The molecule has 3 aromatic rings. The number of halogens is 1. The number of amides is 4. The van der Waals surface area contributed by atoms with E-state index in [4.69, 9.17) is 16.3 Å². The van der Waals surface area contributed by atoms with E-state index in [1.165, 1.54) is 30.3 Å². The van der Waals surface area contributed by atoms with Crippen molar-refractivity contribution >= 4 is 47.2 Å². The van der Waals surface area contributed by atoms with Crippen LogP contribution in [0.5, 0.6) is 5.75 Å². The number of hydrogen-bond donors (Lipinski definition) is 1. The van der Waals surface area contributed by atoms with E-state index in [-0.39, 0.29) is 23.4 Å². The van der Waals surface area contributed by atoms with E-state index in [1.807, 2.05) is 12.1 Å². The van der Waals surface area contributed by atoms with Crippen LogP contribution in [-0.2, 0) is 16.2 Å². The van der Waals surface area contributed by atoms with Crippen molar-refractivity contribution in [3.05, 3.63) is 100 Å². The molecule has 9 heteroatoms. The lowest BCUT2D eigenvalue weighted by atomic mass is 10.1. The highest BCUT2D eigenvalue weighted by Crippen LogP contribution is 2.27. The minimum Gasteiger partial charge on any atom is -0.545 e. The van der Waals surface area contributed by atoms with Gasteiger partial charge in [0, 0.05) is 16.1 Å². The Bertz CT molecular complexity index is 1330.